The molecule has 2 bridgehead atoms. The molecule has 0 radical (unpaired) electrons. The predicted octanol–water partition coefficient (Wildman–Crippen LogP) is 2.19. The molecule has 54 heavy (non-hydrogen) atoms. The van der Waals surface area contributed by atoms with Crippen LogP contribution in [-0.2, 0) is 23.8 Å². The lowest BCUT2D eigenvalue weighted by Gasteiger charge is -2.66. The van der Waals surface area contributed by atoms with Crippen LogP contribution in [0.25, 0.3) is 0 Å². The molecular formula is C41H49NO12. The van der Waals surface area contributed by atoms with Crippen LogP contribution in [0, 0.1) is 16.7 Å². The first-order valence-electron chi connectivity index (χ1n) is 18.1. The van der Waals surface area contributed by atoms with E-state index >= 15 is 0 Å². The molecule has 3 aliphatic carbocycles. The third-order valence-corrected chi connectivity index (χ3v) is 12.3. The number of hydrogen-bond acceptors (Lipinski definition) is 12. The standard InChI is InChI=1S/C41H49NO12/c1-21(2)17-25(42-35(47)23-13-9-7-10-14-23)30(44)37(49)53-26-19-41(51)34(54-36(48)24-15-11-8-12-16-24)32-39(6,27(43)18-28-40(32,50)20-52-28)33(46)31(45)29(22(26)3)38(41,4)5/h7-17,25-28,30-32,34,43-45,50-51H,18-20H2,1-6H3,(H,42,47)/t25?,26?,27?,28?,30?,31?,32?,34?,39-,40+,41?/m1/s1. The van der Waals surface area contributed by atoms with Crippen LogP contribution in [0.4, 0.5) is 0 Å². The predicted molar refractivity (Wildman–Crippen MR) is 193 cm³/mol. The molecule has 13 nitrogen and oxygen atoms in total. The minimum Gasteiger partial charge on any atom is -0.456 e. The molecule has 9 unspecified atom stereocenters. The van der Waals surface area contributed by atoms with Gasteiger partial charge in [0.15, 0.2) is 11.9 Å². The topological polar surface area (TPSA) is 209 Å². The van der Waals surface area contributed by atoms with Gasteiger partial charge in [-0.25, -0.2) is 9.59 Å². The molecule has 0 aromatic heterocycles. The third kappa shape index (κ3) is 6.20. The maximum absolute atomic E-state index is 14.7. The smallest absolute Gasteiger partial charge is 0.338 e. The normalized spacial score (nSPS) is 35.1. The highest BCUT2D eigenvalue weighted by atomic mass is 16.6. The quantitative estimate of drug-likeness (QED) is 0.170. The second-order valence-corrected chi connectivity index (χ2v) is 16.1. The fraction of sp³-hybridized carbons (Fsp3) is 0.512. The van der Waals surface area contributed by atoms with Gasteiger partial charge in [0, 0.05) is 29.7 Å². The summed E-state index contributed by atoms with van der Waals surface area (Å²) in [5, 5.41) is 63.1. The molecule has 2 aromatic rings. The van der Waals surface area contributed by atoms with Crippen LogP contribution >= 0.6 is 0 Å². The number of carbonyl (C=O) groups excluding carboxylic acids is 4. The fourth-order valence-electron chi connectivity index (χ4n) is 9.13. The van der Waals surface area contributed by atoms with Crippen molar-refractivity contribution in [2.75, 3.05) is 6.61 Å². The van der Waals surface area contributed by atoms with E-state index in [9.17, 15) is 44.7 Å². The van der Waals surface area contributed by atoms with Crippen LogP contribution in [0.2, 0.25) is 0 Å². The summed E-state index contributed by atoms with van der Waals surface area (Å²) in [7, 11) is 0. The monoisotopic (exact) mass is 747 g/mol. The zero-order chi connectivity index (χ0) is 39.5. The molecule has 4 aliphatic rings. The number of aliphatic hydroxyl groups excluding tert-OH is 3. The zero-order valence-corrected chi connectivity index (χ0v) is 31.2. The van der Waals surface area contributed by atoms with Gasteiger partial charge in [-0.05, 0) is 63.1 Å². The van der Waals surface area contributed by atoms with E-state index in [1.54, 1.807) is 76.2 Å². The number of esters is 2. The number of aliphatic hydroxyl groups is 5. The Labute approximate surface area is 313 Å². The van der Waals surface area contributed by atoms with Gasteiger partial charge in [0.2, 0.25) is 0 Å². The highest BCUT2D eigenvalue weighted by molar-refractivity contribution is 5.95. The third-order valence-electron chi connectivity index (χ3n) is 12.3. The molecule has 290 valence electrons. The Morgan fingerprint density at radius 2 is 1.54 bits per heavy atom. The van der Waals surface area contributed by atoms with Gasteiger partial charge in [-0.1, -0.05) is 61.9 Å². The molecule has 11 atom stereocenters. The van der Waals surface area contributed by atoms with Crippen LogP contribution in [0.1, 0.15) is 75.1 Å². The van der Waals surface area contributed by atoms with Gasteiger partial charge in [-0.2, -0.15) is 0 Å². The molecule has 1 heterocycles. The maximum Gasteiger partial charge on any atom is 0.338 e. The van der Waals surface area contributed by atoms with E-state index in [1.807, 2.05) is 0 Å². The first kappa shape index (κ1) is 39.5. The summed E-state index contributed by atoms with van der Waals surface area (Å²) in [6, 6.07) is 14.9. The molecule has 1 amide bonds. The maximum atomic E-state index is 14.7. The number of benzene rings is 2. The largest absolute Gasteiger partial charge is 0.456 e. The summed E-state index contributed by atoms with van der Waals surface area (Å²) >= 11 is 0. The van der Waals surface area contributed by atoms with Crippen molar-refractivity contribution >= 4 is 23.6 Å². The van der Waals surface area contributed by atoms with Crippen molar-refractivity contribution < 1.29 is 58.9 Å². The lowest BCUT2D eigenvalue weighted by molar-refractivity contribution is -0.343. The average molecular weight is 748 g/mol. The Bertz CT molecular complexity index is 1870. The molecule has 6 rings (SSSR count). The summed E-state index contributed by atoms with van der Waals surface area (Å²) in [6.45, 7) is 9.16. The molecule has 0 spiro atoms. The van der Waals surface area contributed by atoms with E-state index in [0.29, 0.717) is 5.57 Å². The van der Waals surface area contributed by atoms with E-state index in [2.05, 4.69) is 5.32 Å². The van der Waals surface area contributed by atoms with E-state index in [0.717, 1.165) is 0 Å². The Morgan fingerprint density at radius 1 is 0.944 bits per heavy atom. The fourth-order valence-corrected chi connectivity index (χ4v) is 9.13. The number of ketones is 1. The number of amides is 1. The van der Waals surface area contributed by atoms with Gasteiger partial charge < -0.3 is 45.1 Å². The van der Waals surface area contributed by atoms with Gasteiger partial charge in [0.25, 0.3) is 5.91 Å². The van der Waals surface area contributed by atoms with Gasteiger partial charge in [-0.3, -0.25) is 9.59 Å². The lowest BCUT2D eigenvalue weighted by Crippen LogP contribution is -2.81. The zero-order valence-electron chi connectivity index (χ0n) is 31.2. The molecule has 13 heteroatoms. The first-order chi connectivity index (χ1) is 25.3. The van der Waals surface area contributed by atoms with Crippen molar-refractivity contribution in [2.45, 2.75) is 108 Å². The first-order valence-corrected chi connectivity index (χ1v) is 18.1. The number of hydrogen-bond donors (Lipinski definition) is 6. The highest BCUT2D eigenvalue weighted by Gasteiger charge is 2.76. The molecule has 1 saturated heterocycles. The van der Waals surface area contributed by atoms with Gasteiger partial charge in [0.05, 0.1) is 35.8 Å². The van der Waals surface area contributed by atoms with Gasteiger partial charge in [-0.15, -0.1) is 0 Å². The summed E-state index contributed by atoms with van der Waals surface area (Å²) in [6.07, 6.45) is -8.66. The molecule has 1 aliphatic heterocycles. The number of allylic oxidation sites excluding steroid dienone is 1. The van der Waals surface area contributed by atoms with Crippen molar-refractivity contribution in [1.82, 2.24) is 5.32 Å². The Kier molecular flexibility index (Phi) is 10.3. The lowest BCUT2D eigenvalue weighted by atomic mass is 9.44. The Balaban J connectivity index is 1.44. The number of ether oxygens (including phenoxy) is 3. The van der Waals surface area contributed by atoms with Crippen LogP contribution in [0.15, 0.2) is 83.5 Å². The minimum absolute atomic E-state index is 0.0293. The minimum atomic E-state index is -2.29. The van der Waals surface area contributed by atoms with E-state index < -0.39 is 101 Å². The summed E-state index contributed by atoms with van der Waals surface area (Å²) < 4.78 is 17.8. The number of rotatable bonds is 8. The van der Waals surface area contributed by atoms with Crippen LogP contribution in [0.3, 0.4) is 0 Å². The van der Waals surface area contributed by atoms with Gasteiger partial charge >= 0.3 is 11.9 Å². The van der Waals surface area contributed by atoms with Crippen LogP contribution in [0.5, 0.6) is 0 Å². The summed E-state index contributed by atoms with van der Waals surface area (Å²) in [5.41, 5.74) is -6.48. The summed E-state index contributed by atoms with van der Waals surface area (Å²) in [4.78, 5) is 55.5. The SMILES string of the molecule is CC(C)=CC(NC(=O)c1ccccc1)C(O)C(=O)OC1CC2(O)C(OC(=O)c3ccccc3)C3[C@]4(O)COC4CC(O)[C@@]3(C)C(=O)C(O)C(=C1C)C2(C)C. The number of fused-ring (bicyclic) bond motifs is 5. The second kappa shape index (κ2) is 14.1. The Morgan fingerprint density at radius 3 is 2.09 bits per heavy atom. The number of carbonyl (C=O) groups is 4. The van der Waals surface area contributed by atoms with Crippen molar-refractivity contribution in [3.05, 3.63) is 94.6 Å². The van der Waals surface area contributed by atoms with E-state index in [1.165, 1.54) is 32.1 Å². The number of nitrogens with one attached hydrogen (secondary N) is 1. The van der Waals surface area contributed by atoms with Crippen LogP contribution in [-0.4, -0.2) is 110 Å². The van der Waals surface area contributed by atoms with Crippen molar-refractivity contribution in [3.8, 4) is 0 Å². The number of Topliss-reactive ketones (excluding diaryl/α,β-unsaturated/α-hetero) is 1. The molecule has 3 fully saturated rings. The molecule has 2 saturated carbocycles. The highest BCUT2D eigenvalue weighted by Crippen LogP contribution is 2.63. The molecular weight excluding hydrogens is 698 g/mol. The second-order valence-electron chi connectivity index (χ2n) is 16.1. The van der Waals surface area contributed by atoms with E-state index in [-0.39, 0.29) is 35.3 Å². The molecule has 2 aromatic carbocycles. The average Bonchev–Trinajstić information content (AvgIpc) is 3.13. The van der Waals surface area contributed by atoms with Crippen molar-refractivity contribution in [1.29, 1.82) is 0 Å². The van der Waals surface area contributed by atoms with Gasteiger partial charge in [0.1, 0.15) is 29.5 Å². The molecule has 6 N–H and O–H groups in total. The van der Waals surface area contributed by atoms with Crippen LogP contribution < -0.4 is 5.32 Å². The van der Waals surface area contributed by atoms with E-state index in [4.69, 9.17) is 14.2 Å². The Hall–Kier alpha value is -4.24. The van der Waals surface area contributed by atoms with Crippen molar-refractivity contribution in [2.24, 2.45) is 16.7 Å². The van der Waals surface area contributed by atoms with Crippen molar-refractivity contribution in [3.63, 3.8) is 0 Å². The summed E-state index contributed by atoms with van der Waals surface area (Å²) in [5.74, 6) is -5.03.